The summed E-state index contributed by atoms with van der Waals surface area (Å²) in [6.45, 7) is 2.89. The molecule has 5 nitrogen and oxygen atoms in total. The van der Waals surface area contributed by atoms with Crippen LogP contribution in [0.15, 0.2) is 34.9 Å². The number of nitrogens with one attached hydrogen (secondary N) is 1. The summed E-state index contributed by atoms with van der Waals surface area (Å²) in [5.41, 5.74) is 7.23. The Morgan fingerprint density at radius 1 is 1.35 bits per heavy atom. The Morgan fingerprint density at radius 2 is 2.10 bits per heavy atom. The number of hydrogen-bond donors (Lipinski definition) is 2. The second-order valence-electron chi connectivity index (χ2n) is 4.49. The molecule has 1 aromatic heterocycles. The number of carbonyl (C=O) groups excluding carboxylic acids is 1. The van der Waals surface area contributed by atoms with Gasteiger partial charge in [-0.3, -0.25) is 4.79 Å². The number of carbonyl (C=O) groups is 1. The molecule has 0 aliphatic rings. The lowest BCUT2D eigenvalue weighted by Gasteiger charge is -2.04. The first-order chi connectivity index (χ1) is 9.72. The minimum Gasteiger partial charge on any atom is -0.444 e. The number of aryl methyl sites for hydroxylation is 1. The summed E-state index contributed by atoms with van der Waals surface area (Å²) < 4.78 is 5.43. The van der Waals surface area contributed by atoms with Crippen LogP contribution in [-0.2, 0) is 19.4 Å². The lowest BCUT2D eigenvalue weighted by Crippen LogP contribution is -2.22. The Hall–Kier alpha value is -2.14. The molecule has 0 fully saturated rings. The second-order valence-corrected chi connectivity index (χ2v) is 4.49. The van der Waals surface area contributed by atoms with Gasteiger partial charge in [0.05, 0.1) is 12.7 Å². The summed E-state index contributed by atoms with van der Waals surface area (Å²) in [4.78, 5) is 16.1. The number of rotatable bonds is 6. The summed E-state index contributed by atoms with van der Waals surface area (Å²) in [7, 11) is 0. The summed E-state index contributed by atoms with van der Waals surface area (Å²) in [6.07, 6.45) is 3.30. The van der Waals surface area contributed by atoms with Gasteiger partial charge in [-0.1, -0.05) is 19.1 Å². The lowest BCUT2D eigenvalue weighted by atomic mass is 10.1. The van der Waals surface area contributed by atoms with Gasteiger partial charge < -0.3 is 15.5 Å². The molecule has 1 amide bonds. The van der Waals surface area contributed by atoms with Crippen LogP contribution < -0.4 is 11.1 Å². The van der Waals surface area contributed by atoms with E-state index in [2.05, 4.69) is 10.3 Å². The van der Waals surface area contributed by atoms with Gasteiger partial charge in [-0.15, -0.1) is 0 Å². The average molecular weight is 273 g/mol. The number of nitrogens with two attached hydrogens (primary N) is 1. The molecule has 1 aromatic carbocycles. The van der Waals surface area contributed by atoms with E-state index in [1.165, 1.54) is 0 Å². The summed E-state index contributed by atoms with van der Waals surface area (Å²) >= 11 is 0. The van der Waals surface area contributed by atoms with Crippen molar-refractivity contribution in [2.75, 3.05) is 6.54 Å². The fraction of sp³-hybridized carbons (Fsp3) is 0.333. The van der Waals surface area contributed by atoms with Crippen molar-refractivity contribution in [3.8, 4) is 0 Å². The van der Waals surface area contributed by atoms with Crippen LogP contribution in [-0.4, -0.2) is 17.4 Å². The van der Waals surface area contributed by atoms with Crippen LogP contribution in [0.4, 0.5) is 0 Å². The van der Waals surface area contributed by atoms with Gasteiger partial charge in [0.1, 0.15) is 5.76 Å². The molecule has 2 aromatic rings. The molecule has 1 heterocycles. The number of aromatic nitrogens is 1. The molecule has 0 saturated heterocycles. The molecule has 106 valence electrons. The molecular formula is C15H19N3O2. The third-order valence-electron chi connectivity index (χ3n) is 3.00. The van der Waals surface area contributed by atoms with Crippen molar-refractivity contribution < 1.29 is 9.21 Å². The Kier molecular flexibility index (Phi) is 4.90. The maximum absolute atomic E-state index is 12.0. The van der Waals surface area contributed by atoms with Crippen molar-refractivity contribution in [1.29, 1.82) is 0 Å². The molecule has 0 atom stereocenters. The number of nitrogens with zero attached hydrogens (tertiary/aromatic N) is 1. The largest absolute Gasteiger partial charge is 0.444 e. The molecule has 0 radical (unpaired) electrons. The average Bonchev–Trinajstić information content (AvgIpc) is 2.94. The van der Waals surface area contributed by atoms with Crippen molar-refractivity contribution >= 4 is 5.91 Å². The zero-order valence-electron chi connectivity index (χ0n) is 11.6. The molecular weight excluding hydrogens is 254 g/mol. The highest BCUT2D eigenvalue weighted by Crippen LogP contribution is 2.06. The highest BCUT2D eigenvalue weighted by Gasteiger charge is 2.07. The number of oxazole rings is 1. The van der Waals surface area contributed by atoms with Crippen molar-refractivity contribution in [1.82, 2.24) is 10.3 Å². The Bertz CT molecular complexity index is 561. The van der Waals surface area contributed by atoms with Crippen LogP contribution >= 0.6 is 0 Å². The van der Waals surface area contributed by atoms with E-state index in [1.54, 1.807) is 18.3 Å². The van der Waals surface area contributed by atoms with Gasteiger partial charge in [-0.2, -0.15) is 0 Å². The van der Waals surface area contributed by atoms with E-state index < -0.39 is 0 Å². The van der Waals surface area contributed by atoms with Crippen LogP contribution in [0.1, 0.15) is 34.5 Å². The van der Waals surface area contributed by atoms with Gasteiger partial charge in [0.2, 0.25) is 5.89 Å². The van der Waals surface area contributed by atoms with E-state index >= 15 is 0 Å². The molecule has 5 heteroatoms. The normalized spacial score (nSPS) is 10.5. The quantitative estimate of drug-likeness (QED) is 0.839. The van der Waals surface area contributed by atoms with Crippen molar-refractivity contribution in [2.45, 2.75) is 26.3 Å². The van der Waals surface area contributed by atoms with Crippen LogP contribution in [0, 0.1) is 0 Å². The van der Waals surface area contributed by atoms with E-state index in [1.807, 2.05) is 19.1 Å². The predicted octanol–water partition coefficient (Wildman–Crippen LogP) is 1.67. The molecule has 3 N–H and O–H groups in total. The minimum absolute atomic E-state index is 0.138. The van der Waals surface area contributed by atoms with Gasteiger partial charge in [-0.05, 0) is 30.7 Å². The fourth-order valence-corrected chi connectivity index (χ4v) is 1.84. The summed E-state index contributed by atoms with van der Waals surface area (Å²) in [5, 5.41) is 2.78. The van der Waals surface area contributed by atoms with Gasteiger partial charge in [0.15, 0.2) is 0 Å². The standard InChI is InChI=1S/C15H19N3O2/c1-2-13-9-17-14(20-13)10-18-15(19)12-5-3-11(4-6-12)7-8-16/h3-6,9H,2,7-8,10,16H2,1H3,(H,18,19). The molecule has 20 heavy (non-hydrogen) atoms. The summed E-state index contributed by atoms with van der Waals surface area (Å²) in [5.74, 6) is 1.20. The molecule has 0 bridgehead atoms. The highest BCUT2D eigenvalue weighted by molar-refractivity contribution is 5.94. The topological polar surface area (TPSA) is 81.2 Å². The summed E-state index contributed by atoms with van der Waals surface area (Å²) in [6, 6.07) is 7.44. The third kappa shape index (κ3) is 3.68. The second kappa shape index (κ2) is 6.86. The van der Waals surface area contributed by atoms with E-state index in [0.29, 0.717) is 24.5 Å². The number of hydrogen-bond acceptors (Lipinski definition) is 4. The van der Waals surface area contributed by atoms with Crippen LogP contribution in [0.2, 0.25) is 0 Å². The fourth-order valence-electron chi connectivity index (χ4n) is 1.84. The van der Waals surface area contributed by atoms with Gasteiger partial charge >= 0.3 is 0 Å². The minimum atomic E-state index is -0.138. The molecule has 2 rings (SSSR count). The molecule has 0 aliphatic heterocycles. The molecule has 0 aliphatic carbocycles. The van der Waals surface area contributed by atoms with Crippen LogP contribution in [0.5, 0.6) is 0 Å². The van der Waals surface area contributed by atoms with E-state index in [4.69, 9.17) is 10.2 Å². The van der Waals surface area contributed by atoms with Crippen molar-refractivity contribution in [2.24, 2.45) is 5.73 Å². The van der Waals surface area contributed by atoms with Gasteiger partial charge in [0.25, 0.3) is 5.91 Å². The van der Waals surface area contributed by atoms with E-state index in [9.17, 15) is 4.79 Å². The maximum Gasteiger partial charge on any atom is 0.251 e. The maximum atomic E-state index is 12.0. The molecule has 0 spiro atoms. The van der Waals surface area contributed by atoms with Crippen molar-refractivity contribution in [3.63, 3.8) is 0 Å². The first kappa shape index (κ1) is 14.3. The smallest absolute Gasteiger partial charge is 0.251 e. The zero-order valence-corrected chi connectivity index (χ0v) is 11.6. The first-order valence-electron chi connectivity index (χ1n) is 6.73. The van der Waals surface area contributed by atoms with E-state index in [0.717, 1.165) is 24.2 Å². The molecule has 0 unspecified atom stereocenters. The zero-order chi connectivity index (χ0) is 14.4. The SMILES string of the molecule is CCc1cnc(CNC(=O)c2ccc(CCN)cc2)o1. The molecule has 0 saturated carbocycles. The number of benzene rings is 1. The van der Waals surface area contributed by atoms with Crippen LogP contribution in [0.3, 0.4) is 0 Å². The number of amides is 1. The van der Waals surface area contributed by atoms with E-state index in [-0.39, 0.29) is 5.91 Å². The Morgan fingerprint density at radius 3 is 2.70 bits per heavy atom. The Balaban J connectivity index is 1.90. The highest BCUT2D eigenvalue weighted by atomic mass is 16.4. The monoisotopic (exact) mass is 273 g/mol. The van der Waals surface area contributed by atoms with Crippen molar-refractivity contribution in [3.05, 3.63) is 53.2 Å². The third-order valence-corrected chi connectivity index (χ3v) is 3.00. The van der Waals surface area contributed by atoms with Crippen LogP contribution in [0.25, 0.3) is 0 Å². The Labute approximate surface area is 118 Å². The van der Waals surface area contributed by atoms with Gasteiger partial charge in [0, 0.05) is 12.0 Å². The van der Waals surface area contributed by atoms with Gasteiger partial charge in [-0.25, -0.2) is 4.98 Å². The predicted molar refractivity (Wildman–Crippen MR) is 76.3 cm³/mol. The lowest BCUT2D eigenvalue weighted by molar-refractivity contribution is 0.0947. The first-order valence-corrected chi connectivity index (χ1v) is 6.73.